The normalized spacial score (nSPS) is 12.3. The molecule has 0 saturated carbocycles. The lowest BCUT2D eigenvalue weighted by atomic mass is 9.88. The van der Waals surface area contributed by atoms with E-state index in [0.717, 1.165) is 12.2 Å². The average Bonchev–Trinajstić information content (AvgIpc) is 2.30. The maximum Gasteiger partial charge on any atom is 0.122 e. The standard InChI is InChI=1S/C15H21NO/c1-10(2)14(9-16)8-13-6-7-15(17-5)12(4)11(13)3/h6-7,10,14H,8H2,1-5H3. The Kier molecular flexibility index (Phi) is 4.57. The van der Waals surface area contributed by atoms with Gasteiger partial charge in [0.15, 0.2) is 0 Å². The topological polar surface area (TPSA) is 33.0 Å². The molecule has 0 radical (unpaired) electrons. The molecule has 92 valence electrons. The molecular weight excluding hydrogens is 210 g/mol. The van der Waals surface area contributed by atoms with E-state index in [4.69, 9.17) is 10.00 Å². The van der Waals surface area contributed by atoms with Crippen molar-refractivity contribution in [3.63, 3.8) is 0 Å². The predicted molar refractivity (Wildman–Crippen MR) is 70.1 cm³/mol. The van der Waals surface area contributed by atoms with E-state index < -0.39 is 0 Å². The third-order valence-corrected chi connectivity index (χ3v) is 3.48. The molecule has 17 heavy (non-hydrogen) atoms. The molecule has 1 atom stereocenters. The summed E-state index contributed by atoms with van der Waals surface area (Å²) in [5, 5.41) is 9.14. The Morgan fingerprint density at radius 2 is 1.88 bits per heavy atom. The van der Waals surface area contributed by atoms with Crippen molar-refractivity contribution in [1.82, 2.24) is 0 Å². The van der Waals surface area contributed by atoms with Crippen LogP contribution in [0.15, 0.2) is 12.1 Å². The van der Waals surface area contributed by atoms with Gasteiger partial charge in [-0.1, -0.05) is 19.9 Å². The average molecular weight is 231 g/mol. The molecule has 0 aliphatic carbocycles. The van der Waals surface area contributed by atoms with E-state index in [2.05, 4.69) is 39.8 Å². The number of hydrogen-bond donors (Lipinski definition) is 0. The van der Waals surface area contributed by atoms with Crippen molar-refractivity contribution in [3.05, 3.63) is 28.8 Å². The molecule has 0 N–H and O–H groups in total. The first-order valence-corrected chi connectivity index (χ1v) is 6.04. The van der Waals surface area contributed by atoms with Crippen molar-refractivity contribution in [2.45, 2.75) is 34.1 Å². The lowest BCUT2D eigenvalue weighted by Gasteiger charge is -2.17. The highest BCUT2D eigenvalue weighted by molar-refractivity contribution is 5.43. The van der Waals surface area contributed by atoms with Crippen molar-refractivity contribution in [2.75, 3.05) is 7.11 Å². The van der Waals surface area contributed by atoms with E-state index >= 15 is 0 Å². The van der Waals surface area contributed by atoms with Gasteiger partial charge in [-0.2, -0.15) is 5.26 Å². The molecule has 2 heteroatoms. The maximum atomic E-state index is 9.14. The highest BCUT2D eigenvalue weighted by atomic mass is 16.5. The first-order chi connectivity index (χ1) is 8.01. The second-order valence-corrected chi connectivity index (χ2v) is 4.86. The molecule has 0 aliphatic rings. The van der Waals surface area contributed by atoms with Crippen LogP contribution < -0.4 is 4.74 Å². The van der Waals surface area contributed by atoms with E-state index in [-0.39, 0.29) is 5.92 Å². The molecular formula is C15H21NO. The van der Waals surface area contributed by atoms with Gasteiger partial charge in [0.05, 0.1) is 19.1 Å². The summed E-state index contributed by atoms with van der Waals surface area (Å²) in [6.07, 6.45) is 0.824. The zero-order valence-corrected chi connectivity index (χ0v) is 11.4. The minimum Gasteiger partial charge on any atom is -0.496 e. The van der Waals surface area contributed by atoms with E-state index in [0.29, 0.717) is 5.92 Å². The molecule has 0 aliphatic heterocycles. The third-order valence-electron chi connectivity index (χ3n) is 3.48. The molecule has 1 aromatic carbocycles. The van der Waals surface area contributed by atoms with Gasteiger partial charge < -0.3 is 4.74 Å². The van der Waals surface area contributed by atoms with Crippen molar-refractivity contribution in [3.8, 4) is 11.8 Å². The number of nitrogens with zero attached hydrogens (tertiary/aromatic N) is 1. The molecule has 0 fully saturated rings. The van der Waals surface area contributed by atoms with Crippen molar-refractivity contribution in [2.24, 2.45) is 11.8 Å². The van der Waals surface area contributed by atoms with Crippen LogP contribution in [-0.2, 0) is 6.42 Å². The lowest BCUT2D eigenvalue weighted by molar-refractivity contribution is 0.410. The number of hydrogen-bond acceptors (Lipinski definition) is 2. The summed E-state index contributed by atoms with van der Waals surface area (Å²) in [7, 11) is 1.69. The summed E-state index contributed by atoms with van der Waals surface area (Å²) in [5.74, 6) is 1.40. The van der Waals surface area contributed by atoms with Gasteiger partial charge in [0, 0.05) is 0 Å². The minimum atomic E-state index is 0.0847. The van der Waals surface area contributed by atoms with E-state index in [1.165, 1.54) is 16.7 Å². The largest absolute Gasteiger partial charge is 0.496 e. The number of rotatable bonds is 4. The van der Waals surface area contributed by atoms with Gasteiger partial charge in [-0.25, -0.2) is 0 Å². The van der Waals surface area contributed by atoms with Gasteiger partial charge in [0.1, 0.15) is 5.75 Å². The highest BCUT2D eigenvalue weighted by Crippen LogP contribution is 2.26. The van der Waals surface area contributed by atoms with Gasteiger partial charge >= 0.3 is 0 Å². The number of nitriles is 1. The lowest BCUT2D eigenvalue weighted by Crippen LogP contribution is -2.11. The second-order valence-electron chi connectivity index (χ2n) is 4.86. The van der Waals surface area contributed by atoms with Crippen LogP contribution in [0.3, 0.4) is 0 Å². The smallest absolute Gasteiger partial charge is 0.122 e. The Bertz CT molecular complexity index is 429. The van der Waals surface area contributed by atoms with Gasteiger partial charge in [0.25, 0.3) is 0 Å². The molecule has 1 aromatic rings. The minimum absolute atomic E-state index is 0.0847. The predicted octanol–water partition coefficient (Wildman–Crippen LogP) is 3.65. The fraction of sp³-hybridized carbons (Fsp3) is 0.533. The Hall–Kier alpha value is -1.49. The number of ether oxygens (including phenoxy) is 1. The molecule has 0 amide bonds. The molecule has 0 heterocycles. The van der Waals surface area contributed by atoms with Crippen LogP contribution in [-0.4, -0.2) is 7.11 Å². The van der Waals surface area contributed by atoms with Crippen LogP contribution >= 0.6 is 0 Å². The highest BCUT2D eigenvalue weighted by Gasteiger charge is 2.15. The zero-order valence-electron chi connectivity index (χ0n) is 11.4. The Balaban J connectivity index is 3.01. The molecule has 1 unspecified atom stereocenters. The molecule has 0 bridgehead atoms. The first-order valence-electron chi connectivity index (χ1n) is 6.04. The summed E-state index contributed by atoms with van der Waals surface area (Å²) in [5.41, 5.74) is 3.67. The van der Waals surface area contributed by atoms with Gasteiger partial charge in [-0.05, 0) is 48.9 Å². The van der Waals surface area contributed by atoms with E-state index in [9.17, 15) is 0 Å². The molecule has 0 saturated heterocycles. The fourth-order valence-electron chi connectivity index (χ4n) is 1.96. The van der Waals surface area contributed by atoms with E-state index in [1.54, 1.807) is 7.11 Å². The van der Waals surface area contributed by atoms with Gasteiger partial charge in [0.2, 0.25) is 0 Å². The fourth-order valence-corrected chi connectivity index (χ4v) is 1.96. The zero-order chi connectivity index (χ0) is 13.0. The number of methoxy groups -OCH3 is 1. The van der Waals surface area contributed by atoms with Crippen LogP contribution in [0, 0.1) is 37.0 Å². The molecule has 0 aromatic heterocycles. The molecule has 2 nitrogen and oxygen atoms in total. The maximum absolute atomic E-state index is 9.14. The SMILES string of the molecule is COc1ccc(CC(C#N)C(C)C)c(C)c1C. The van der Waals surface area contributed by atoms with Crippen molar-refractivity contribution >= 4 is 0 Å². The van der Waals surface area contributed by atoms with Gasteiger partial charge in [-0.3, -0.25) is 0 Å². The van der Waals surface area contributed by atoms with Crippen molar-refractivity contribution < 1.29 is 4.74 Å². The Morgan fingerprint density at radius 1 is 1.24 bits per heavy atom. The summed E-state index contributed by atoms with van der Waals surface area (Å²) in [6, 6.07) is 6.46. The summed E-state index contributed by atoms with van der Waals surface area (Å²) in [6.45, 7) is 8.36. The summed E-state index contributed by atoms with van der Waals surface area (Å²) in [4.78, 5) is 0. The van der Waals surface area contributed by atoms with Crippen LogP contribution in [0.4, 0.5) is 0 Å². The monoisotopic (exact) mass is 231 g/mol. The second kappa shape index (κ2) is 5.72. The molecule has 1 rings (SSSR count). The summed E-state index contributed by atoms with van der Waals surface area (Å²) < 4.78 is 5.29. The van der Waals surface area contributed by atoms with Gasteiger partial charge in [-0.15, -0.1) is 0 Å². The van der Waals surface area contributed by atoms with E-state index in [1.807, 2.05) is 6.07 Å². The number of benzene rings is 1. The van der Waals surface area contributed by atoms with Crippen LogP contribution in [0.25, 0.3) is 0 Å². The van der Waals surface area contributed by atoms with Crippen LogP contribution in [0.5, 0.6) is 5.75 Å². The Labute approximate surface area is 104 Å². The third kappa shape index (κ3) is 3.00. The first kappa shape index (κ1) is 13.6. The van der Waals surface area contributed by atoms with Crippen LogP contribution in [0.2, 0.25) is 0 Å². The quantitative estimate of drug-likeness (QED) is 0.792. The van der Waals surface area contributed by atoms with Crippen LogP contribution in [0.1, 0.15) is 30.5 Å². The molecule has 0 spiro atoms. The van der Waals surface area contributed by atoms with Crippen molar-refractivity contribution in [1.29, 1.82) is 5.26 Å². The Morgan fingerprint density at radius 3 is 2.35 bits per heavy atom. The summed E-state index contributed by atoms with van der Waals surface area (Å²) >= 11 is 0.